The van der Waals surface area contributed by atoms with E-state index in [1.54, 1.807) is 18.2 Å². The number of aliphatic hydroxyl groups excluding tert-OH is 2. The molecule has 0 radical (unpaired) electrons. The smallest absolute Gasteiger partial charge is 0.107 e. The molecule has 0 aliphatic heterocycles. The largest absolute Gasteiger partial charge is 0.389 e. The molecule has 78 valence electrons. The molecule has 2 nitrogen and oxygen atoms in total. The first-order valence-electron chi connectivity index (χ1n) is 3.98. The number of hydrogen-bond donors (Lipinski definition) is 3. The molecule has 1 aromatic rings. The van der Waals surface area contributed by atoms with E-state index in [1.807, 2.05) is 0 Å². The van der Waals surface area contributed by atoms with Gasteiger partial charge in [0.1, 0.15) is 6.10 Å². The van der Waals surface area contributed by atoms with Crippen molar-refractivity contribution >= 4 is 40.2 Å². The summed E-state index contributed by atoms with van der Waals surface area (Å²) in [7, 11) is 0. The van der Waals surface area contributed by atoms with Gasteiger partial charge in [-0.2, -0.15) is 12.6 Å². The number of halogens is 2. The van der Waals surface area contributed by atoms with Gasteiger partial charge in [-0.15, -0.1) is 0 Å². The molecule has 2 atom stereocenters. The Hall–Kier alpha value is 0.260. The molecular weight excluding hydrogens is 288 g/mol. The predicted molar refractivity (Wildman–Crippen MR) is 64.0 cm³/mol. The lowest BCUT2D eigenvalue weighted by molar-refractivity contribution is 0.0333. The zero-order valence-electron chi connectivity index (χ0n) is 7.19. The summed E-state index contributed by atoms with van der Waals surface area (Å²) >= 11 is 13.0. The second-order valence-corrected chi connectivity index (χ2v) is 4.52. The second-order valence-electron chi connectivity index (χ2n) is 2.86. The van der Waals surface area contributed by atoms with Crippen LogP contribution in [0.5, 0.6) is 0 Å². The number of aliphatic hydroxyl groups is 2. The van der Waals surface area contributed by atoms with E-state index in [0.717, 1.165) is 4.47 Å². The minimum Gasteiger partial charge on any atom is -0.389 e. The van der Waals surface area contributed by atoms with Crippen molar-refractivity contribution in [2.24, 2.45) is 0 Å². The van der Waals surface area contributed by atoms with Crippen LogP contribution in [0.4, 0.5) is 0 Å². The summed E-state index contributed by atoms with van der Waals surface area (Å²) in [5, 5.41) is 19.6. The molecule has 0 aromatic heterocycles. The summed E-state index contributed by atoms with van der Waals surface area (Å²) in [6.45, 7) is 0. The Balaban J connectivity index is 2.99. The Morgan fingerprint density at radius 3 is 2.64 bits per heavy atom. The SMILES string of the molecule is OC(CS)C(O)c1cc(Cl)ccc1Br. The average Bonchev–Trinajstić information content (AvgIpc) is 2.19. The van der Waals surface area contributed by atoms with Gasteiger partial charge in [-0.05, 0) is 23.8 Å². The third kappa shape index (κ3) is 2.87. The minimum absolute atomic E-state index is 0.195. The summed E-state index contributed by atoms with van der Waals surface area (Å²) in [6, 6.07) is 5.05. The molecule has 0 saturated heterocycles. The lowest BCUT2D eigenvalue weighted by Crippen LogP contribution is -2.20. The molecule has 2 unspecified atom stereocenters. The Labute approximate surface area is 101 Å². The molecule has 2 N–H and O–H groups in total. The summed E-state index contributed by atoms with van der Waals surface area (Å²) in [5.74, 6) is 0.195. The van der Waals surface area contributed by atoms with Crippen LogP contribution in [0.25, 0.3) is 0 Å². The van der Waals surface area contributed by atoms with Crippen molar-refractivity contribution in [3.8, 4) is 0 Å². The van der Waals surface area contributed by atoms with Crippen molar-refractivity contribution in [1.29, 1.82) is 0 Å². The van der Waals surface area contributed by atoms with Crippen molar-refractivity contribution in [2.75, 3.05) is 5.75 Å². The van der Waals surface area contributed by atoms with E-state index in [4.69, 9.17) is 11.6 Å². The lowest BCUT2D eigenvalue weighted by Gasteiger charge is -2.17. The zero-order chi connectivity index (χ0) is 10.7. The van der Waals surface area contributed by atoms with Gasteiger partial charge in [-0.1, -0.05) is 27.5 Å². The number of benzene rings is 1. The summed E-state index contributed by atoms with van der Waals surface area (Å²) in [4.78, 5) is 0. The van der Waals surface area contributed by atoms with Crippen LogP contribution in [0, 0.1) is 0 Å². The number of hydrogen-bond acceptors (Lipinski definition) is 3. The van der Waals surface area contributed by atoms with Crippen LogP contribution in [-0.2, 0) is 0 Å². The van der Waals surface area contributed by atoms with Gasteiger partial charge in [0.05, 0.1) is 6.10 Å². The monoisotopic (exact) mass is 296 g/mol. The number of thiol groups is 1. The Morgan fingerprint density at radius 1 is 1.43 bits per heavy atom. The van der Waals surface area contributed by atoms with Crippen LogP contribution in [0.2, 0.25) is 5.02 Å². The highest BCUT2D eigenvalue weighted by Gasteiger charge is 2.19. The van der Waals surface area contributed by atoms with E-state index in [0.29, 0.717) is 10.6 Å². The highest BCUT2D eigenvalue weighted by Crippen LogP contribution is 2.28. The van der Waals surface area contributed by atoms with Crippen LogP contribution >= 0.6 is 40.2 Å². The van der Waals surface area contributed by atoms with Crippen molar-refractivity contribution in [3.63, 3.8) is 0 Å². The van der Waals surface area contributed by atoms with Gasteiger partial charge in [-0.3, -0.25) is 0 Å². The van der Waals surface area contributed by atoms with Gasteiger partial charge in [0, 0.05) is 15.2 Å². The summed E-state index contributed by atoms with van der Waals surface area (Å²) < 4.78 is 0.718. The first-order chi connectivity index (χ1) is 6.56. The highest BCUT2D eigenvalue weighted by molar-refractivity contribution is 9.10. The van der Waals surface area contributed by atoms with Gasteiger partial charge in [-0.25, -0.2) is 0 Å². The maximum atomic E-state index is 9.71. The third-order valence-electron chi connectivity index (χ3n) is 1.83. The number of rotatable bonds is 3. The molecular formula is C9H10BrClO2S. The molecule has 1 aromatic carbocycles. The van der Waals surface area contributed by atoms with Gasteiger partial charge < -0.3 is 10.2 Å². The van der Waals surface area contributed by atoms with Gasteiger partial charge in [0.25, 0.3) is 0 Å². The Kier molecular flexibility index (Phi) is 4.73. The van der Waals surface area contributed by atoms with Gasteiger partial charge in [0.15, 0.2) is 0 Å². The molecule has 14 heavy (non-hydrogen) atoms. The quantitative estimate of drug-likeness (QED) is 0.750. The van der Waals surface area contributed by atoms with Crippen LogP contribution in [0.1, 0.15) is 11.7 Å². The van der Waals surface area contributed by atoms with E-state index in [9.17, 15) is 10.2 Å². The highest BCUT2D eigenvalue weighted by atomic mass is 79.9. The predicted octanol–water partition coefficient (Wildman–Crippen LogP) is 2.43. The van der Waals surface area contributed by atoms with Gasteiger partial charge in [0.2, 0.25) is 0 Å². The topological polar surface area (TPSA) is 40.5 Å². The summed E-state index contributed by atoms with van der Waals surface area (Å²) in [5.41, 5.74) is 0.569. The molecule has 0 aliphatic carbocycles. The van der Waals surface area contributed by atoms with E-state index in [-0.39, 0.29) is 5.75 Å². The van der Waals surface area contributed by atoms with Crippen LogP contribution in [0.15, 0.2) is 22.7 Å². The van der Waals surface area contributed by atoms with E-state index in [2.05, 4.69) is 28.6 Å². The first-order valence-corrected chi connectivity index (χ1v) is 5.78. The average molecular weight is 298 g/mol. The molecule has 0 heterocycles. The molecule has 5 heteroatoms. The maximum Gasteiger partial charge on any atom is 0.107 e. The van der Waals surface area contributed by atoms with Crippen molar-refractivity contribution in [2.45, 2.75) is 12.2 Å². The fourth-order valence-corrected chi connectivity index (χ4v) is 1.91. The second kappa shape index (κ2) is 5.37. The molecule has 0 amide bonds. The van der Waals surface area contributed by atoms with E-state index in [1.165, 1.54) is 0 Å². The normalized spacial score (nSPS) is 15.2. The summed E-state index contributed by atoms with van der Waals surface area (Å²) in [6.07, 6.45) is -1.87. The molecule has 0 bridgehead atoms. The van der Waals surface area contributed by atoms with Crippen molar-refractivity contribution in [3.05, 3.63) is 33.3 Å². The lowest BCUT2D eigenvalue weighted by atomic mass is 10.1. The maximum absolute atomic E-state index is 9.71. The van der Waals surface area contributed by atoms with Crippen molar-refractivity contribution in [1.82, 2.24) is 0 Å². The van der Waals surface area contributed by atoms with E-state index >= 15 is 0 Å². The Bertz CT molecular complexity index is 322. The molecule has 0 fully saturated rings. The van der Waals surface area contributed by atoms with Gasteiger partial charge >= 0.3 is 0 Å². The zero-order valence-corrected chi connectivity index (χ0v) is 10.4. The fraction of sp³-hybridized carbons (Fsp3) is 0.333. The van der Waals surface area contributed by atoms with E-state index < -0.39 is 12.2 Å². The van der Waals surface area contributed by atoms with Crippen LogP contribution < -0.4 is 0 Å². The van der Waals surface area contributed by atoms with Crippen molar-refractivity contribution < 1.29 is 10.2 Å². The molecule has 0 spiro atoms. The standard InChI is InChI=1S/C9H10BrClO2S/c10-7-2-1-5(11)3-6(7)9(13)8(12)4-14/h1-3,8-9,12-14H,4H2. The molecule has 0 saturated carbocycles. The minimum atomic E-state index is -0.972. The molecule has 1 rings (SSSR count). The van der Waals surface area contributed by atoms with Crippen LogP contribution in [-0.4, -0.2) is 22.1 Å². The molecule has 0 aliphatic rings. The fourth-order valence-electron chi connectivity index (χ4n) is 1.05. The third-order valence-corrected chi connectivity index (χ3v) is 3.16. The Morgan fingerprint density at radius 2 is 2.07 bits per heavy atom. The first kappa shape index (κ1) is 12.3. The van der Waals surface area contributed by atoms with Crippen LogP contribution in [0.3, 0.4) is 0 Å².